The number of nitrogens with two attached hydrogens (primary N) is 1. The van der Waals surface area contributed by atoms with Gasteiger partial charge in [0, 0.05) is 24.3 Å². The van der Waals surface area contributed by atoms with Gasteiger partial charge in [-0.25, -0.2) is 9.37 Å². The molecule has 1 saturated heterocycles. The molecule has 0 atom stereocenters. The summed E-state index contributed by atoms with van der Waals surface area (Å²) in [6, 6.07) is 13.0. The number of benzene rings is 2. The molecule has 0 aliphatic carbocycles. The van der Waals surface area contributed by atoms with Crippen molar-refractivity contribution >= 4 is 33.8 Å². The Labute approximate surface area is 159 Å². The highest BCUT2D eigenvalue weighted by molar-refractivity contribution is 7.18. The van der Waals surface area contributed by atoms with Gasteiger partial charge in [-0.2, -0.15) is 0 Å². The fourth-order valence-corrected chi connectivity index (χ4v) is 3.45. The van der Waals surface area contributed by atoms with Crippen LogP contribution in [0.25, 0.3) is 0 Å². The molecule has 6 nitrogen and oxygen atoms in total. The molecule has 1 aliphatic rings. The zero-order valence-corrected chi connectivity index (χ0v) is 15.1. The fourth-order valence-electron chi connectivity index (χ4n) is 2.59. The molecule has 0 spiro atoms. The van der Waals surface area contributed by atoms with E-state index in [1.54, 1.807) is 6.07 Å². The van der Waals surface area contributed by atoms with Crippen molar-refractivity contribution in [2.75, 3.05) is 24.1 Å². The van der Waals surface area contributed by atoms with Crippen molar-refractivity contribution in [2.45, 2.75) is 6.10 Å². The number of halogens is 1. The first-order chi connectivity index (χ1) is 13.1. The van der Waals surface area contributed by atoms with Crippen LogP contribution in [0.4, 0.5) is 21.0 Å². The minimum atomic E-state index is -0.470. The molecule has 0 unspecified atom stereocenters. The molecule has 2 heterocycles. The lowest BCUT2D eigenvalue weighted by Crippen LogP contribution is -2.50. The number of thiazole rings is 1. The summed E-state index contributed by atoms with van der Waals surface area (Å²) >= 11 is 1.13. The average Bonchev–Trinajstić information content (AvgIpc) is 2.99. The maximum Gasteiger partial charge on any atom is 0.206 e. The van der Waals surface area contributed by atoms with Crippen LogP contribution in [0.1, 0.15) is 15.2 Å². The number of hydrogen-bond acceptors (Lipinski definition) is 7. The second-order valence-electron chi connectivity index (χ2n) is 6.12. The van der Waals surface area contributed by atoms with Gasteiger partial charge in [0.2, 0.25) is 5.78 Å². The highest BCUT2D eigenvalue weighted by atomic mass is 32.1. The number of carbonyl (C=O) groups excluding carboxylic acids is 1. The summed E-state index contributed by atoms with van der Waals surface area (Å²) in [5, 5.41) is 6.77. The van der Waals surface area contributed by atoms with E-state index in [2.05, 4.69) is 15.6 Å². The van der Waals surface area contributed by atoms with E-state index in [0.29, 0.717) is 5.13 Å². The monoisotopic (exact) mass is 384 g/mol. The van der Waals surface area contributed by atoms with Gasteiger partial charge in [0.25, 0.3) is 0 Å². The lowest BCUT2D eigenvalue weighted by molar-refractivity contribution is 0.104. The van der Waals surface area contributed by atoms with E-state index in [1.165, 1.54) is 18.2 Å². The van der Waals surface area contributed by atoms with E-state index in [4.69, 9.17) is 10.5 Å². The topological polar surface area (TPSA) is 89.3 Å². The predicted molar refractivity (Wildman–Crippen MR) is 103 cm³/mol. The third kappa shape index (κ3) is 3.91. The van der Waals surface area contributed by atoms with Crippen molar-refractivity contribution in [2.24, 2.45) is 0 Å². The number of aromatic nitrogens is 1. The van der Waals surface area contributed by atoms with Gasteiger partial charge in [-0.3, -0.25) is 4.79 Å². The van der Waals surface area contributed by atoms with E-state index in [-0.39, 0.29) is 28.1 Å². The minimum Gasteiger partial charge on any atom is -0.488 e. The van der Waals surface area contributed by atoms with Gasteiger partial charge in [0.15, 0.2) is 5.13 Å². The molecular formula is C19H17FN4O2S. The molecule has 3 aromatic rings. The number of hydrogen-bond donors (Lipinski definition) is 3. The van der Waals surface area contributed by atoms with Crippen molar-refractivity contribution in [1.82, 2.24) is 10.3 Å². The molecular weight excluding hydrogens is 367 g/mol. The minimum absolute atomic E-state index is 0.120. The largest absolute Gasteiger partial charge is 0.488 e. The van der Waals surface area contributed by atoms with Crippen LogP contribution in [-0.4, -0.2) is 30.0 Å². The lowest BCUT2D eigenvalue weighted by atomic mass is 10.1. The number of ketones is 1. The molecule has 4 N–H and O–H groups in total. The van der Waals surface area contributed by atoms with E-state index < -0.39 is 5.82 Å². The SMILES string of the molecule is Nc1nc(Nc2ccc(OC3CNC3)cc2)sc1C(=O)c1cccc(F)c1. The van der Waals surface area contributed by atoms with Crippen LogP contribution in [0.5, 0.6) is 5.75 Å². The number of nitrogens with zero attached hydrogens (tertiary/aromatic N) is 1. The molecule has 8 heteroatoms. The van der Waals surface area contributed by atoms with Gasteiger partial charge in [-0.1, -0.05) is 23.5 Å². The van der Waals surface area contributed by atoms with Gasteiger partial charge in [-0.15, -0.1) is 0 Å². The zero-order chi connectivity index (χ0) is 18.8. The van der Waals surface area contributed by atoms with E-state index in [0.717, 1.165) is 35.9 Å². The number of carbonyl (C=O) groups is 1. The average molecular weight is 384 g/mol. The van der Waals surface area contributed by atoms with Crippen molar-refractivity contribution in [3.63, 3.8) is 0 Å². The van der Waals surface area contributed by atoms with Crippen LogP contribution in [0.15, 0.2) is 48.5 Å². The number of anilines is 3. The Bertz CT molecular complexity index is 970. The lowest BCUT2D eigenvalue weighted by Gasteiger charge is -2.27. The van der Waals surface area contributed by atoms with Crippen molar-refractivity contribution in [3.8, 4) is 5.75 Å². The molecule has 1 aliphatic heterocycles. The first kappa shape index (κ1) is 17.4. The summed E-state index contributed by atoms with van der Waals surface area (Å²) in [6.45, 7) is 1.72. The Morgan fingerprint density at radius 2 is 2.04 bits per heavy atom. The Balaban J connectivity index is 1.47. The van der Waals surface area contributed by atoms with Gasteiger partial charge in [0.1, 0.15) is 28.4 Å². The Morgan fingerprint density at radius 3 is 2.70 bits per heavy atom. The quantitative estimate of drug-likeness (QED) is 0.566. The van der Waals surface area contributed by atoms with Gasteiger partial charge < -0.3 is 21.1 Å². The second kappa shape index (κ2) is 7.34. The van der Waals surface area contributed by atoms with E-state index in [1.807, 2.05) is 24.3 Å². The van der Waals surface area contributed by atoms with Crippen LogP contribution >= 0.6 is 11.3 Å². The van der Waals surface area contributed by atoms with E-state index in [9.17, 15) is 9.18 Å². The Morgan fingerprint density at radius 1 is 1.26 bits per heavy atom. The summed E-state index contributed by atoms with van der Waals surface area (Å²) in [5.41, 5.74) is 6.93. The van der Waals surface area contributed by atoms with Crippen LogP contribution in [0, 0.1) is 5.82 Å². The maximum atomic E-state index is 13.4. The third-order valence-electron chi connectivity index (χ3n) is 4.10. The summed E-state index contributed by atoms with van der Waals surface area (Å²) in [6.07, 6.45) is 0.221. The van der Waals surface area contributed by atoms with Crippen molar-refractivity contribution < 1.29 is 13.9 Å². The molecule has 1 aromatic heterocycles. The Kier molecular flexibility index (Phi) is 4.74. The number of nitrogen functional groups attached to an aromatic ring is 1. The zero-order valence-electron chi connectivity index (χ0n) is 14.2. The van der Waals surface area contributed by atoms with Crippen LogP contribution < -0.4 is 21.1 Å². The molecule has 2 aromatic carbocycles. The molecule has 4 rings (SSSR count). The summed E-state index contributed by atoms with van der Waals surface area (Å²) in [5.74, 6) is 0.0968. The van der Waals surface area contributed by atoms with Crippen LogP contribution in [0.2, 0.25) is 0 Å². The fraction of sp³-hybridized carbons (Fsp3) is 0.158. The summed E-state index contributed by atoms with van der Waals surface area (Å²) in [7, 11) is 0. The van der Waals surface area contributed by atoms with Crippen molar-refractivity contribution in [3.05, 3.63) is 64.8 Å². The molecule has 27 heavy (non-hydrogen) atoms. The third-order valence-corrected chi connectivity index (χ3v) is 5.08. The first-order valence-corrected chi connectivity index (χ1v) is 9.21. The standard InChI is InChI=1S/C19H17FN4O2S/c20-12-3-1-2-11(8-12)16(25)17-18(21)24-19(27-17)23-13-4-6-14(7-5-13)26-15-9-22-10-15/h1-8,15,22H,9-10,21H2,(H,23,24). The molecule has 0 radical (unpaired) electrons. The number of ether oxygens (including phenoxy) is 1. The molecule has 0 saturated carbocycles. The number of rotatable bonds is 6. The number of nitrogens with one attached hydrogen (secondary N) is 2. The second-order valence-corrected chi connectivity index (χ2v) is 7.12. The van der Waals surface area contributed by atoms with Gasteiger partial charge >= 0.3 is 0 Å². The normalized spacial score (nSPS) is 13.8. The molecule has 1 fully saturated rings. The molecule has 0 amide bonds. The van der Waals surface area contributed by atoms with E-state index >= 15 is 0 Å². The summed E-state index contributed by atoms with van der Waals surface area (Å²) < 4.78 is 19.1. The first-order valence-electron chi connectivity index (χ1n) is 8.39. The molecule has 0 bridgehead atoms. The Hall–Kier alpha value is -2.97. The maximum absolute atomic E-state index is 13.4. The predicted octanol–water partition coefficient (Wildman–Crippen LogP) is 3.19. The highest BCUT2D eigenvalue weighted by Crippen LogP contribution is 2.30. The summed E-state index contributed by atoms with van der Waals surface area (Å²) in [4.78, 5) is 17.0. The van der Waals surface area contributed by atoms with Crippen LogP contribution in [-0.2, 0) is 0 Å². The van der Waals surface area contributed by atoms with Gasteiger partial charge in [-0.05, 0) is 36.4 Å². The smallest absolute Gasteiger partial charge is 0.206 e. The van der Waals surface area contributed by atoms with Crippen LogP contribution in [0.3, 0.4) is 0 Å². The van der Waals surface area contributed by atoms with Gasteiger partial charge in [0.05, 0.1) is 0 Å². The highest BCUT2D eigenvalue weighted by Gasteiger charge is 2.19. The van der Waals surface area contributed by atoms with Crippen molar-refractivity contribution in [1.29, 1.82) is 0 Å². The molecule has 138 valence electrons.